The molecule has 1 aromatic carbocycles. The van der Waals surface area contributed by atoms with Crippen LogP contribution in [0, 0.1) is 0 Å². The molecule has 0 amide bonds. The minimum Gasteiger partial charge on any atom is -0.497 e. The first-order valence-electron chi connectivity index (χ1n) is 8.19. The topological polar surface area (TPSA) is 76.2 Å². The predicted molar refractivity (Wildman–Crippen MR) is 94.6 cm³/mol. The summed E-state index contributed by atoms with van der Waals surface area (Å²) >= 11 is 0. The number of hydrogen-bond donors (Lipinski definition) is 1. The first kappa shape index (κ1) is 15.6. The van der Waals surface area contributed by atoms with E-state index in [0.717, 1.165) is 41.5 Å². The van der Waals surface area contributed by atoms with E-state index in [1.165, 1.54) is 0 Å². The van der Waals surface area contributed by atoms with Crippen LogP contribution in [0.2, 0.25) is 0 Å². The van der Waals surface area contributed by atoms with Crippen molar-refractivity contribution in [3.63, 3.8) is 0 Å². The van der Waals surface area contributed by atoms with Crippen LogP contribution in [0.1, 0.15) is 0 Å². The van der Waals surface area contributed by atoms with Gasteiger partial charge in [-0.05, 0) is 24.3 Å². The zero-order valence-electron chi connectivity index (χ0n) is 14.0. The molecule has 7 heteroatoms. The number of methoxy groups -OCH3 is 1. The van der Waals surface area contributed by atoms with Gasteiger partial charge in [0.05, 0.1) is 31.6 Å². The molecule has 3 heterocycles. The van der Waals surface area contributed by atoms with Crippen LogP contribution >= 0.6 is 0 Å². The molecule has 0 unspecified atom stereocenters. The van der Waals surface area contributed by atoms with Crippen molar-refractivity contribution in [3.8, 4) is 28.4 Å². The first-order valence-corrected chi connectivity index (χ1v) is 8.19. The normalized spacial score (nSPS) is 14.5. The van der Waals surface area contributed by atoms with Gasteiger partial charge in [0, 0.05) is 37.2 Å². The summed E-state index contributed by atoms with van der Waals surface area (Å²) in [6.07, 6.45) is 5.35. The molecule has 1 N–H and O–H groups in total. The third-order valence-corrected chi connectivity index (χ3v) is 4.19. The van der Waals surface area contributed by atoms with E-state index < -0.39 is 0 Å². The Morgan fingerprint density at radius 1 is 1.12 bits per heavy atom. The van der Waals surface area contributed by atoms with E-state index in [9.17, 15) is 0 Å². The largest absolute Gasteiger partial charge is 0.497 e. The maximum atomic E-state index is 5.42. The predicted octanol–water partition coefficient (Wildman–Crippen LogP) is 2.38. The standard InChI is InChI=1S/C18H19N5O2/c1-24-14-4-2-13(3-5-14)16-15(17-19-6-7-20-17)12-21-18(22-16)23-8-10-25-11-9-23/h2-7,12H,8-11H2,1H3,(H,19,20). The summed E-state index contributed by atoms with van der Waals surface area (Å²) in [5, 5.41) is 0. The van der Waals surface area contributed by atoms with Crippen molar-refractivity contribution >= 4 is 5.95 Å². The van der Waals surface area contributed by atoms with Crippen molar-refractivity contribution in [2.75, 3.05) is 38.3 Å². The van der Waals surface area contributed by atoms with Crippen molar-refractivity contribution in [2.24, 2.45) is 0 Å². The number of anilines is 1. The second-order valence-corrected chi connectivity index (χ2v) is 5.70. The maximum Gasteiger partial charge on any atom is 0.226 e. The van der Waals surface area contributed by atoms with E-state index in [2.05, 4.69) is 19.9 Å². The van der Waals surface area contributed by atoms with E-state index in [1.807, 2.05) is 30.5 Å². The molecule has 1 fully saturated rings. The average Bonchev–Trinajstić information content (AvgIpc) is 3.23. The number of nitrogens with one attached hydrogen (secondary N) is 1. The highest BCUT2D eigenvalue weighted by Crippen LogP contribution is 2.30. The average molecular weight is 337 g/mol. The fraction of sp³-hybridized carbons (Fsp3) is 0.278. The van der Waals surface area contributed by atoms with Gasteiger partial charge in [0.15, 0.2) is 0 Å². The van der Waals surface area contributed by atoms with E-state index in [4.69, 9.17) is 14.5 Å². The number of benzene rings is 1. The molecule has 0 radical (unpaired) electrons. The van der Waals surface area contributed by atoms with Gasteiger partial charge in [-0.2, -0.15) is 0 Å². The molecule has 0 bridgehead atoms. The Kier molecular flexibility index (Phi) is 4.30. The second-order valence-electron chi connectivity index (χ2n) is 5.70. The number of aromatic amines is 1. The summed E-state index contributed by atoms with van der Waals surface area (Å²) in [7, 11) is 1.66. The highest BCUT2D eigenvalue weighted by molar-refractivity contribution is 5.78. The highest BCUT2D eigenvalue weighted by Gasteiger charge is 2.18. The van der Waals surface area contributed by atoms with Crippen LogP contribution in [0.25, 0.3) is 22.6 Å². The molecular weight excluding hydrogens is 318 g/mol. The zero-order valence-corrected chi connectivity index (χ0v) is 14.0. The van der Waals surface area contributed by atoms with Crippen LogP contribution in [0.3, 0.4) is 0 Å². The lowest BCUT2D eigenvalue weighted by Gasteiger charge is -2.27. The minimum absolute atomic E-state index is 0.696. The molecule has 1 aliphatic rings. The molecule has 25 heavy (non-hydrogen) atoms. The van der Waals surface area contributed by atoms with Crippen LogP contribution < -0.4 is 9.64 Å². The van der Waals surface area contributed by atoms with Gasteiger partial charge < -0.3 is 19.4 Å². The number of rotatable bonds is 4. The number of hydrogen-bond acceptors (Lipinski definition) is 6. The first-order chi connectivity index (χ1) is 12.3. The molecule has 4 rings (SSSR count). The molecule has 2 aromatic heterocycles. The van der Waals surface area contributed by atoms with E-state index in [0.29, 0.717) is 19.2 Å². The third kappa shape index (κ3) is 3.18. The smallest absolute Gasteiger partial charge is 0.226 e. The Morgan fingerprint density at radius 2 is 1.92 bits per heavy atom. The Morgan fingerprint density at radius 3 is 2.60 bits per heavy atom. The van der Waals surface area contributed by atoms with Crippen LogP contribution in [-0.2, 0) is 4.74 Å². The summed E-state index contributed by atoms with van der Waals surface area (Å²) in [5.41, 5.74) is 2.70. The lowest BCUT2D eigenvalue weighted by atomic mass is 10.1. The van der Waals surface area contributed by atoms with Gasteiger partial charge >= 0.3 is 0 Å². The number of nitrogens with zero attached hydrogens (tertiary/aromatic N) is 4. The Bertz CT molecular complexity index is 827. The van der Waals surface area contributed by atoms with Gasteiger partial charge in [-0.3, -0.25) is 0 Å². The number of imidazole rings is 1. The molecule has 1 saturated heterocycles. The monoisotopic (exact) mass is 337 g/mol. The summed E-state index contributed by atoms with van der Waals surface area (Å²) < 4.78 is 10.7. The molecule has 128 valence electrons. The SMILES string of the molecule is COc1ccc(-c2nc(N3CCOCC3)ncc2-c2ncc[nH]2)cc1. The number of morpholine rings is 1. The van der Waals surface area contributed by atoms with E-state index in [1.54, 1.807) is 19.5 Å². The minimum atomic E-state index is 0.696. The van der Waals surface area contributed by atoms with Crippen molar-refractivity contribution in [1.82, 2.24) is 19.9 Å². The van der Waals surface area contributed by atoms with Gasteiger partial charge in [-0.15, -0.1) is 0 Å². The lowest BCUT2D eigenvalue weighted by Crippen LogP contribution is -2.37. The number of ether oxygens (including phenoxy) is 2. The number of aromatic nitrogens is 4. The quantitative estimate of drug-likeness (QED) is 0.788. The molecule has 1 aliphatic heterocycles. The van der Waals surface area contributed by atoms with Crippen LogP contribution in [-0.4, -0.2) is 53.3 Å². The van der Waals surface area contributed by atoms with Crippen LogP contribution in [0.5, 0.6) is 5.75 Å². The zero-order chi connectivity index (χ0) is 17.1. The summed E-state index contributed by atoms with van der Waals surface area (Å²) in [4.78, 5) is 19.0. The van der Waals surface area contributed by atoms with Crippen molar-refractivity contribution in [1.29, 1.82) is 0 Å². The summed E-state index contributed by atoms with van der Waals surface area (Å²) in [6.45, 7) is 2.98. The molecule has 0 spiro atoms. The molecular formula is C18H19N5O2. The second kappa shape index (κ2) is 6.90. The van der Waals surface area contributed by atoms with Crippen LogP contribution in [0.4, 0.5) is 5.95 Å². The maximum absolute atomic E-state index is 5.42. The summed E-state index contributed by atoms with van der Waals surface area (Å²) in [6, 6.07) is 7.85. The van der Waals surface area contributed by atoms with Gasteiger partial charge in [0.1, 0.15) is 11.6 Å². The summed E-state index contributed by atoms with van der Waals surface area (Å²) in [5.74, 6) is 2.27. The molecule has 0 saturated carbocycles. The fourth-order valence-electron chi connectivity index (χ4n) is 2.84. The third-order valence-electron chi connectivity index (χ3n) is 4.19. The Labute approximate surface area is 145 Å². The van der Waals surface area contributed by atoms with Gasteiger partial charge in [0.2, 0.25) is 5.95 Å². The number of H-pyrrole nitrogens is 1. The van der Waals surface area contributed by atoms with Gasteiger partial charge in [-0.1, -0.05) is 0 Å². The van der Waals surface area contributed by atoms with Crippen molar-refractivity contribution < 1.29 is 9.47 Å². The van der Waals surface area contributed by atoms with Crippen LogP contribution in [0.15, 0.2) is 42.9 Å². The van der Waals surface area contributed by atoms with Gasteiger partial charge in [0.25, 0.3) is 0 Å². The molecule has 0 aliphatic carbocycles. The highest BCUT2D eigenvalue weighted by atomic mass is 16.5. The Hall–Kier alpha value is -2.93. The van der Waals surface area contributed by atoms with Gasteiger partial charge in [-0.25, -0.2) is 15.0 Å². The fourth-order valence-corrected chi connectivity index (χ4v) is 2.84. The van der Waals surface area contributed by atoms with Crippen molar-refractivity contribution in [3.05, 3.63) is 42.9 Å². The van der Waals surface area contributed by atoms with Crippen molar-refractivity contribution in [2.45, 2.75) is 0 Å². The van der Waals surface area contributed by atoms with E-state index >= 15 is 0 Å². The molecule has 0 atom stereocenters. The lowest BCUT2D eigenvalue weighted by molar-refractivity contribution is 0.122. The van der Waals surface area contributed by atoms with E-state index in [-0.39, 0.29) is 0 Å². The Balaban J connectivity index is 1.79. The molecule has 7 nitrogen and oxygen atoms in total. The molecule has 3 aromatic rings.